The molecule has 0 unspecified atom stereocenters. The summed E-state index contributed by atoms with van der Waals surface area (Å²) in [4.78, 5) is 34.6. The van der Waals surface area contributed by atoms with Crippen molar-refractivity contribution < 1.29 is 9.72 Å². The second-order valence-corrected chi connectivity index (χ2v) is 6.12. The minimum Gasteiger partial charge on any atom is -0.322 e. The molecule has 10 heteroatoms. The van der Waals surface area contributed by atoms with Crippen molar-refractivity contribution >= 4 is 40.5 Å². The van der Waals surface area contributed by atoms with Gasteiger partial charge in [0.2, 0.25) is 0 Å². The van der Waals surface area contributed by atoms with Crippen LogP contribution in [0.25, 0.3) is 5.69 Å². The number of rotatable bonds is 4. The zero-order valence-electron chi connectivity index (χ0n) is 13.4. The number of nitro benzene ring substituents is 1. The molecule has 27 heavy (non-hydrogen) atoms. The molecule has 0 fully saturated rings. The van der Waals surface area contributed by atoms with Crippen LogP contribution in [0.5, 0.6) is 0 Å². The van der Waals surface area contributed by atoms with Crippen LogP contribution in [0.3, 0.4) is 0 Å². The third-order valence-electron chi connectivity index (χ3n) is 3.57. The summed E-state index contributed by atoms with van der Waals surface area (Å²) < 4.78 is 1.05. The molecular weight excluding hydrogens is 395 g/mol. The summed E-state index contributed by atoms with van der Waals surface area (Å²) in [5.74, 6) is -0.462. The number of hydrogen-bond acceptors (Lipinski definition) is 5. The summed E-state index contributed by atoms with van der Waals surface area (Å²) in [6, 6.07) is 11.6. The molecule has 0 atom stereocenters. The van der Waals surface area contributed by atoms with E-state index < -0.39 is 16.4 Å². The SMILES string of the molecule is O=C(Nc1cccc([N+](=O)[O-])c1)c1ccc(-n2ncc(Cl)c(Cl)c2=O)cc1. The third kappa shape index (κ3) is 3.97. The summed E-state index contributed by atoms with van der Waals surface area (Å²) in [6.45, 7) is 0. The Labute approximate surface area is 162 Å². The van der Waals surface area contributed by atoms with Crippen LogP contribution >= 0.6 is 23.2 Å². The van der Waals surface area contributed by atoms with Crippen molar-refractivity contribution in [3.8, 4) is 5.69 Å². The van der Waals surface area contributed by atoms with Gasteiger partial charge in [0.15, 0.2) is 0 Å². The average molecular weight is 405 g/mol. The Kier molecular flexibility index (Phi) is 5.20. The number of carbonyl (C=O) groups is 1. The largest absolute Gasteiger partial charge is 0.322 e. The summed E-state index contributed by atoms with van der Waals surface area (Å²) in [6.07, 6.45) is 1.24. The quantitative estimate of drug-likeness (QED) is 0.526. The first-order valence-corrected chi connectivity index (χ1v) is 8.22. The molecule has 0 bridgehead atoms. The number of benzene rings is 2. The lowest BCUT2D eigenvalue weighted by Crippen LogP contribution is -2.21. The monoisotopic (exact) mass is 404 g/mol. The first-order valence-electron chi connectivity index (χ1n) is 7.46. The smallest absolute Gasteiger partial charge is 0.291 e. The molecule has 1 heterocycles. The van der Waals surface area contributed by atoms with E-state index in [1.54, 1.807) is 6.07 Å². The fourth-order valence-corrected chi connectivity index (χ4v) is 2.50. The Balaban J connectivity index is 1.82. The molecule has 0 spiro atoms. The van der Waals surface area contributed by atoms with E-state index in [0.717, 1.165) is 4.68 Å². The first kappa shape index (κ1) is 18.6. The van der Waals surface area contributed by atoms with Crippen LogP contribution in [0.2, 0.25) is 10.0 Å². The van der Waals surface area contributed by atoms with E-state index in [9.17, 15) is 19.7 Å². The summed E-state index contributed by atoms with van der Waals surface area (Å²) in [5.41, 5.74) is 0.260. The van der Waals surface area contributed by atoms with Crippen LogP contribution in [0.1, 0.15) is 10.4 Å². The molecule has 1 N–H and O–H groups in total. The van der Waals surface area contributed by atoms with E-state index in [1.807, 2.05) is 0 Å². The van der Waals surface area contributed by atoms with Crippen molar-refractivity contribution in [1.82, 2.24) is 9.78 Å². The number of anilines is 1. The van der Waals surface area contributed by atoms with Gasteiger partial charge in [-0.3, -0.25) is 19.7 Å². The highest BCUT2D eigenvalue weighted by molar-refractivity contribution is 6.41. The number of nitro groups is 1. The molecule has 3 rings (SSSR count). The highest BCUT2D eigenvalue weighted by Gasteiger charge is 2.12. The Morgan fingerprint density at radius 2 is 1.85 bits per heavy atom. The topological polar surface area (TPSA) is 107 Å². The lowest BCUT2D eigenvalue weighted by Gasteiger charge is -2.08. The maximum Gasteiger partial charge on any atom is 0.291 e. The number of aromatic nitrogens is 2. The molecule has 2 aromatic carbocycles. The van der Waals surface area contributed by atoms with Crippen LogP contribution in [-0.4, -0.2) is 20.6 Å². The third-order valence-corrected chi connectivity index (χ3v) is 4.31. The molecule has 0 radical (unpaired) electrons. The summed E-state index contributed by atoms with van der Waals surface area (Å²) >= 11 is 11.6. The number of amides is 1. The standard InChI is InChI=1S/C17H10Cl2N4O4/c18-14-9-20-22(17(25)15(14)19)12-6-4-10(5-7-12)16(24)21-11-2-1-3-13(8-11)23(26)27/h1-9H,(H,21,24). The van der Waals surface area contributed by atoms with Gasteiger partial charge in [-0.25, -0.2) is 0 Å². The first-order chi connectivity index (χ1) is 12.9. The van der Waals surface area contributed by atoms with Gasteiger partial charge in [0.1, 0.15) is 5.02 Å². The fourth-order valence-electron chi connectivity index (χ4n) is 2.25. The Morgan fingerprint density at radius 1 is 1.15 bits per heavy atom. The molecule has 1 amide bonds. The van der Waals surface area contributed by atoms with E-state index in [-0.39, 0.29) is 15.7 Å². The molecule has 0 aliphatic rings. The van der Waals surface area contributed by atoms with Crippen molar-refractivity contribution in [2.24, 2.45) is 0 Å². The van der Waals surface area contributed by atoms with E-state index in [1.165, 1.54) is 48.7 Å². The molecule has 8 nitrogen and oxygen atoms in total. The molecule has 0 aliphatic carbocycles. The van der Waals surface area contributed by atoms with Gasteiger partial charge in [0.25, 0.3) is 17.2 Å². The number of nitrogens with zero attached hydrogens (tertiary/aromatic N) is 3. The predicted octanol–water partition coefficient (Wildman–Crippen LogP) is 3.70. The van der Waals surface area contributed by atoms with Gasteiger partial charge >= 0.3 is 0 Å². The lowest BCUT2D eigenvalue weighted by atomic mass is 10.2. The molecule has 0 saturated carbocycles. The van der Waals surface area contributed by atoms with Crippen LogP contribution in [0.15, 0.2) is 59.5 Å². The highest BCUT2D eigenvalue weighted by Crippen LogP contribution is 2.19. The van der Waals surface area contributed by atoms with Gasteiger partial charge in [-0.15, -0.1) is 0 Å². The van der Waals surface area contributed by atoms with Crippen LogP contribution < -0.4 is 10.9 Å². The summed E-state index contributed by atoms with van der Waals surface area (Å²) in [5, 5.41) is 17.2. The van der Waals surface area contributed by atoms with E-state index >= 15 is 0 Å². The van der Waals surface area contributed by atoms with E-state index in [0.29, 0.717) is 16.9 Å². The average Bonchev–Trinajstić information content (AvgIpc) is 2.66. The lowest BCUT2D eigenvalue weighted by molar-refractivity contribution is -0.384. The van der Waals surface area contributed by atoms with E-state index in [4.69, 9.17) is 23.2 Å². The number of hydrogen-bond donors (Lipinski definition) is 1. The van der Waals surface area contributed by atoms with Crippen molar-refractivity contribution in [2.45, 2.75) is 0 Å². The van der Waals surface area contributed by atoms with Gasteiger partial charge in [0, 0.05) is 23.4 Å². The highest BCUT2D eigenvalue weighted by atomic mass is 35.5. The van der Waals surface area contributed by atoms with Crippen molar-refractivity contribution in [3.63, 3.8) is 0 Å². The van der Waals surface area contributed by atoms with Crippen molar-refractivity contribution in [1.29, 1.82) is 0 Å². The summed E-state index contributed by atoms with van der Waals surface area (Å²) in [7, 11) is 0. The minimum absolute atomic E-state index is 0.0471. The zero-order chi connectivity index (χ0) is 19.6. The van der Waals surface area contributed by atoms with Gasteiger partial charge in [-0.05, 0) is 30.3 Å². The van der Waals surface area contributed by atoms with Crippen molar-refractivity contribution in [2.75, 3.05) is 5.32 Å². The van der Waals surface area contributed by atoms with Crippen molar-refractivity contribution in [3.05, 3.63) is 90.8 Å². The molecule has 3 aromatic rings. The fraction of sp³-hybridized carbons (Fsp3) is 0. The van der Waals surface area contributed by atoms with Gasteiger partial charge < -0.3 is 5.32 Å². The number of non-ortho nitro benzene ring substituents is 1. The molecule has 0 saturated heterocycles. The maximum absolute atomic E-state index is 12.3. The molecule has 136 valence electrons. The number of halogens is 2. The Hall–Kier alpha value is -3.23. The Morgan fingerprint density at radius 3 is 2.52 bits per heavy atom. The van der Waals surface area contributed by atoms with Crippen LogP contribution in [-0.2, 0) is 0 Å². The second kappa shape index (κ2) is 7.56. The number of nitrogens with one attached hydrogen (secondary N) is 1. The van der Waals surface area contributed by atoms with Gasteiger partial charge in [0.05, 0.1) is 21.8 Å². The molecule has 1 aromatic heterocycles. The van der Waals surface area contributed by atoms with Crippen LogP contribution in [0.4, 0.5) is 11.4 Å². The maximum atomic E-state index is 12.3. The molecular formula is C17H10Cl2N4O4. The van der Waals surface area contributed by atoms with E-state index in [2.05, 4.69) is 10.4 Å². The van der Waals surface area contributed by atoms with Gasteiger partial charge in [-0.1, -0.05) is 29.3 Å². The number of carbonyl (C=O) groups excluding carboxylic acids is 1. The predicted molar refractivity (Wildman–Crippen MR) is 101 cm³/mol. The normalized spacial score (nSPS) is 10.4. The Bertz CT molecular complexity index is 1100. The minimum atomic E-state index is -0.585. The molecule has 0 aliphatic heterocycles. The van der Waals surface area contributed by atoms with Gasteiger partial charge in [-0.2, -0.15) is 9.78 Å². The second-order valence-electron chi connectivity index (χ2n) is 5.33. The van der Waals surface area contributed by atoms with Crippen LogP contribution in [0, 0.1) is 10.1 Å². The zero-order valence-corrected chi connectivity index (χ0v) is 14.9.